The fourth-order valence-corrected chi connectivity index (χ4v) is 4.23. The summed E-state index contributed by atoms with van der Waals surface area (Å²) in [6, 6.07) is 23.6. The summed E-state index contributed by atoms with van der Waals surface area (Å²) in [5.74, 6) is 0.836. The molecule has 2 N–H and O–H groups in total. The van der Waals surface area contributed by atoms with E-state index in [1.165, 1.54) is 18.4 Å². The molecule has 6 heteroatoms. The monoisotopic (exact) mass is 531 g/mol. The van der Waals surface area contributed by atoms with E-state index >= 15 is 0 Å². The second kappa shape index (κ2) is 15.6. The number of carbonyl (C=O) groups excluding carboxylic acids is 1. The van der Waals surface area contributed by atoms with Crippen LogP contribution in [0.4, 0.5) is 0 Å². The van der Waals surface area contributed by atoms with Gasteiger partial charge < -0.3 is 19.9 Å². The number of aliphatic carboxylic acids is 1. The van der Waals surface area contributed by atoms with Gasteiger partial charge in [0.1, 0.15) is 24.2 Å². The van der Waals surface area contributed by atoms with E-state index in [4.69, 9.17) is 14.6 Å². The molecule has 1 unspecified atom stereocenters. The Hall–Kier alpha value is -3.80. The van der Waals surface area contributed by atoms with Crippen molar-refractivity contribution in [1.29, 1.82) is 0 Å². The normalized spacial score (nSPS) is 11.7. The van der Waals surface area contributed by atoms with Crippen LogP contribution in [0.25, 0.3) is 0 Å². The van der Waals surface area contributed by atoms with Gasteiger partial charge in [-0.3, -0.25) is 9.59 Å². The first-order valence-electron chi connectivity index (χ1n) is 13.9. The summed E-state index contributed by atoms with van der Waals surface area (Å²) in [6.45, 7) is 7.17. The van der Waals surface area contributed by atoms with E-state index in [0.29, 0.717) is 18.1 Å². The van der Waals surface area contributed by atoms with E-state index in [2.05, 4.69) is 50.4 Å². The van der Waals surface area contributed by atoms with Gasteiger partial charge >= 0.3 is 5.97 Å². The molecule has 3 rings (SSSR count). The average molecular weight is 532 g/mol. The first-order valence-corrected chi connectivity index (χ1v) is 13.9. The highest BCUT2D eigenvalue weighted by Crippen LogP contribution is 2.29. The number of hydrogen-bond acceptors (Lipinski definition) is 4. The Kier molecular flexibility index (Phi) is 11.9. The van der Waals surface area contributed by atoms with Gasteiger partial charge in [-0.2, -0.15) is 0 Å². The molecule has 0 bridgehead atoms. The van der Waals surface area contributed by atoms with Crippen LogP contribution >= 0.6 is 0 Å². The third-order valence-electron chi connectivity index (χ3n) is 6.64. The molecule has 0 spiro atoms. The number of hydrogen-bond donors (Lipinski definition) is 2. The number of carbonyl (C=O) groups is 2. The van der Waals surface area contributed by atoms with Crippen LogP contribution in [0.5, 0.6) is 11.5 Å². The van der Waals surface area contributed by atoms with Gasteiger partial charge in [-0.15, -0.1) is 0 Å². The standard InChI is InChI=1S/C33H41NO5/c1-4-5-6-7-8-31(27-13-15-28(16-14-27)33(37)34-22-21-32(35)36)39-30-19-17-29(18-20-30)38-23-25-9-11-26(12-10-25)24(2)3/h9-20,24,31H,4-8,21-23H2,1-3H3,(H,34,37)(H,35,36). The van der Waals surface area contributed by atoms with Gasteiger partial charge in [0, 0.05) is 12.1 Å². The molecule has 0 aliphatic heterocycles. The number of carboxylic acid groups (broad SMARTS) is 1. The maximum absolute atomic E-state index is 12.3. The Morgan fingerprint density at radius 2 is 1.46 bits per heavy atom. The predicted octanol–water partition coefficient (Wildman–Crippen LogP) is 7.68. The molecule has 0 aliphatic carbocycles. The van der Waals surface area contributed by atoms with Crippen LogP contribution in [0.3, 0.4) is 0 Å². The van der Waals surface area contributed by atoms with Gasteiger partial charge in [-0.05, 0) is 71.8 Å². The van der Waals surface area contributed by atoms with Crippen LogP contribution in [0.2, 0.25) is 0 Å². The van der Waals surface area contributed by atoms with Crippen LogP contribution in [-0.2, 0) is 11.4 Å². The smallest absolute Gasteiger partial charge is 0.305 e. The van der Waals surface area contributed by atoms with E-state index in [1.54, 1.807) is 12.1 Å². The van der Waals surface area contributed by atoms with Crippen LogP contribution in [0.1, 0.15) is 98.4 Å². The molecule has 1 atom stereocenters. The summed E-state index contributed by atoms with van der Waals surface area (Å²) in [5.41, 5.74) is 3.94. The molecule has 208 valence electrons. The molecule has 0 fully saturated rings. The Balaban J connectivity index is 1.61. The number of nitrogens with one attached hydrogen (secondary N) is 1. The van der Waals surface area contributed by atoms with Crippen molar-refractivity contribution in [3.8, 4) is 11.5 Å². The minimum Gasteiger partial charge on any atom is -0.489 e. The van der Waals surface area contributed by atoms with Crippen molar-refractivity contribution >= 4 is 11.9 Å². The molecular weight excluding hydrogens is 490 g/mol. The number of amides is 1. The average Bonchev–Trinajstić information content (AvgIpc) is 2.94. The van der Waals surface area contributed by atoms with Crippen molar-refractivity contribution < 1.29 is 24.2 Å². The van der Waals surface area contributed by atoms with E-state index < -0.39 is 5.97 Å². The molecule has 0 saturated heterocycles. The maximum atomic E-state index is 12.3. The molecule has 1 amide bonds. The van der Waals surface area contributed by atoms with Gasteiger partial charge in [0.2, 0.25) is 0 Å². The lowest BCUT2D eigenvalue weighted by molar-refractivity contribution is -0.136. The lowest BCUT2D eigenvalue weighted by Gasteiger charge is -2.20. The topological polar surface area (TPSA) is 84.9 Å². The van der Waals surface area contributed by atoms with Crippen molar-refractivity contribution in [2.45, 2.75) is 77.9 Å². The maximum Gasteiger partial charge on any atom is 0.305 e. The lowest BCUT2D eigenvalue weighted by Crippen LogP contribution is -2.26. The Bertz CT molecular complexity index is 1150. The van der Waals surface area contributed by atoms with Crippen molar-refractivity contribution in [2.75, 3.05) is 6.54 Å². The molecule has 0 aromatic heterocycles. The quantitative estimate of drug-likeness (QED) is 0.185. The molecule has 0 heterocycles. The zero-order chi connectivity index (χ0) is 28.0. The molecule has 0 aliphatic rings. The zero-order valence-corrected chi connectivity index (χ0v) is 23.3. The summed E-state index contributed by atoms with van der Waals surface area (Å²) in [4.78, 5) is 23.0. The molecule has 3 aromatic carbocycles. The fraction of sp³-hybridized carbons (Fsp3) is 0.394. The van der Waals surface area contributed by atoms with Gasteiger partial charge in [0.15, 0.2) is 0 Å². The summed E-state index contributed by atoms with van der Waals surface area (Å²) < 4.78 is 12.4. The van der Waals surface area contributed by atoms with Crippen LogP contribution < -0.4 is 14.8 Å². The van der Waals surface area contributed by atoms with Gasteiger partial charge in [-0.1, -0.05) is 76.4 Å². The van der Waals surface area contributed by atoms with E-state index in [0.717, 1.165) is 41.9 Å². The fourth-order valence-electron chi connectivity index (χ4n) is 4.23. The zero-order valence-electron chi connectivity index (χ0n) is 23.3. The highest BCUT2D eigenvalue weighted by molar-refractivity contribution is 5.94. The second-order valence-electron chi connectivity index (χ2n) is 10.1. The van der Waals surface area contributed by atoms with E-state index in [9.17, 15) is 9.59 Å². The molecular formula is C33H41NO5. The first-order chi connectivity index (χ1) is 18.9. The summed E-state index contributed by atoms with van der Waals surface area (Å²) >= 11 is 0. The van der Waals surface area contributed by atoms with Crippen LogP contribution in [0, 0.1) is 0 Å². The summed E-state index contributed by atoms with van der Waals surface area (Å²) in [5, 5.41) is 11.4. The van der Waals surface area contributed by atoms with Gasteiger partial charge in [0.25, 0.3) is 5.91 Å². The number of ether oxygens (including phenoxy) is 2. The molecule has 3 aromatic rings. The number of carboxylic acids is 1. The number of benzene rings is 3. The highest BCUT2D eigenvalue weighted by Gasteiger charge is 2.15. The largest absolute Gasteiger partial charge is 0.489 e. The Morgan fingerprint density at radius 1 is 0.821 bits per heavy atom. The Labute approximate surface area is 232 Å². The van der Waals surface area contributed by atoms with Crippen molar-refractivity contribution in [3.63, 3.8) is 0 Å². The first kappa shape index (κ1) is 29.8. The molecule has 0 radical (unpaired) electrons. The Morgan fingerprint density at radius 3 is 2.08 bits per heavy atom. The lowest BCUT2D eigenvalue weighted by atomic mass is 10.0. The SMILES string of the molecule is CCCCCCC(Oc1ccc(OCc2ccc(C(C)C)cc2)cc1)c1ccc(C(=O)NCCC(=O)O)cc1. The molecule has 0 saturated carbocycles. The van der Waals surface area contributed by atoms with Gasteiger partial charge in [-0.25, -0.2) is 0 Å². The van der Waals surface area contributed by atoms with Crippen molar-refractivity contribution in [3.05, 3.63) is 95.1 Å². The minimum absolute atomic E-state index is 0.100. The van der Waals surface area contributed by atoms with Crippen LogP contribution in [-0.4, -0.2) is 23.5 Å². The van der Waals surface area contributed by atoms with Crippen LogP contribution in [0.15, 0.2) is 72.8 Å². The van der Waals surface area contributed by atoms with Crippen molar-refractivity contribution in [2.24, 2.45) is 0 Å². The predicted molar refractivity (Wildman–Crippen MR) is 154 cm³/mol. The number of rotatable bonds is 16. The molecule has 39 heavy (non-hydrogen) atoms. The van der Waals surface area contributed by atoms with E-state index in [1.807, 2.05) is 36.4 Å². The molecule has 6 nitrogen and oxygen atoms in total. The van der Waals surface area contributed by atoms with Gasteiger partial charge in [0.05, 0.1) is 6.42 Å². The minimum atomic E-state index is -0.940. The van der Waals surface area contributed by atoms with Crippen molar-refractivity contribution in [1.82, 2.24) is 5.32 Å². The third-order valence-corrected chi connectivity index (χ3v) is 6.64. The van der Waals surface area contributed by atoms with E-state index in [-0.39, 0.29) is 25.0 Å². The third kappa shape index (κ3) is 10.1. The summed E-state index contributed by atoms with van der Waals surface area (Å²) in [6.07, 6.45) is 5.17. The summed E-state index contributed by atoms with van der Waals surface area (Å²) in [7, 11) is 0. The number of unbranched alkanes of at least 4 members (excludes halogenated alkanes) is 3. The second-order valence-corrected chi connectivity index (χ2v) is 10.1. The highest BCUT2D eigenvalue weighted by atomic mass is 16.5.